The monoisotopic (exact) mass is 341 g/mol. The predicted octanol–water partition coefficient (Wildman–Crippen LogP) is 4.02. The predicted molar refractivity (Wildman–Crippen MR) is 101 cm³/mol. The van der Waals surface area contributed by atoms with E-state index in [1.165, 1.54) is 51.4 Å². The van der Waals surface area contributed by atoms with Gasteiger partial charge in [0.2, 0.25) is 0 Å². The Morgan fingerprint density at radius 2 is 2.00 bits per heavy atom. The summed E-state index contributed by atoms with van der Waals surface area (Å²) in [5.74, 6) is 3.46. The summed E-state index contributed by atoms with van der Waals surface area (Å²) in [5.41, 5.74) is 0.754. The fourth-order valence-electron chi connectivity index (χ4n) is 5.34. The molecule has 1 saturated heterocycles. The van der Waals surface area contributed by atoms with Gasteiger partial charge in [-0.05, 0) is 68.9 Å². The molecule has 1 aliphatic heterocycles. The van der Waals surface area contributed by atoms with E-state index >= 15 is 0 Å². The Kier molecular flexibility index (Phi) is 4.96. The number of aromatic nitrogens is 1. The molecule has 4 heteroatoms. The molecule has 1 N–H and O–H groups in total. The number of rotatable bonds is 4. The van der Waals surface area contributed by atoms with Crippen LogP contribution in [0.3, 0.4) is 0 Å². The van der Waals surface area contributed by atoms with Crippen LogP contribution < -0.4 is 10.2 Å². The van der Waals surface area contributed by atoms with Crippen molar-refractivity contribution in [1.29, 1.82) is 0 Å². The van der Waals surface area contributed by atoms with Gasteiger partial charge in [-0.2, -0.15) is 0 Å². The Morgan fingerprint density at radius 3 is 2.68 bits per heavy atom. The number of pyridine rings is 1. The first-order valence-electron chi connectivity index (χ1n) is 10.2. The number of amides is 1. The number of fused-ring (bicyclic) bond motifs is 2. The van der Waals surface area contributed by atoms with E-state index in [2.05, 4.69) is 22.1 Å². The Hall–Kier alpha value is -1.58. The molecule has 4 rings (SSSR count). The summed E-state index contributed by atoms with van der Waals surface area (Å²) in [6, 6.07) is 4.11. The molecule has 4 atom stereocenters. The first-order valence-corrected chi connectivity index (χ1v) is 10.2. The molecule has 4 nitrogen and oxygen atoms in total. The van der Waals surface area contributed by atoms with Gasteiger partial charge in [0.25, 0.3) is 5.91 Å². The van der Waals surface area contributed by atoms with Crippen LogP contribution in [-0.4, -0.2) is 30.0 Å². The first kappa shape index (κ1) is 16.9. The molecule has 2 bridgehead atoms. The average Bonchev–Trinajstić information content (AvgIpc) is 3.16. The lowest BCUT2D eigenvalue weighted by Crippen LogP contribution is -2.40. The Labute approximate surface area is 151 Å². The number of anilines is 1. The number of carbonyl (C=O) groups is 1. The molecule has 136 valence electrons. The second-order valence-electron chi connectivity index (χ2n) is 8.40. The summed E-state index contributed by atoms with van der Waals surface area (Å²) in [7, 11) is 0. The van der Waals surface area contributed by atoms with E-state index in [4.69, 9.17) is 0 Å². The fourth-order valence-corrected chi connectivity index (χ4v) is 5.34. The molecular weight excluding hydrogens is 310 g/mol. The van der Waals surface area contributed by atoms with Crippen LogP contribution in [0.4, 0.5) is 5.82 Å². The van der Waals surface area contributed by atoms with Gasteiger partial charge in [0.05, 0.1) is 0 Å². The molecule has 2 aliphatic carbocycles. The van der Waals surface area contributed by atoms with Crippen molar-refractivity contribution in [3.8, 4) is 0 Å². The van der Waals surface area contributed by atoms with Gasteiger partial charge in [-0.15, -0.1) is 0 Å². The number of carbonyl (C=O) groups excluding carboxylic acids is 1. The summed E-state index contributed by atoms with van der Waals surface area (Å²) in [6.45, 7) is 4.30. The van der Waals surface area contributed by atoms with E-state index in [-0.39, 0.29) is 11.9 Å². The van der Waals surface area contributed by atoms with Gasteiger partial charge >= 0.3 is 0 Å². The summed E-state index contributed by atoms with van der Waals surface area (Å²) >= 11 is 0. The van der Waals surface area contributed by atoms with Gasteiger partial charge < -0.3 is 10.2 Å². The van der Waals surface area contributed by atoms with E-state index < -0.39 is 0 Å². The number of nitrogens with zero attached hydrogens (tertiary/aromatic N) is 2. The molecule has 2 heterocycles. The minimum atomic E-state index is 0.0637. The smallest absolute Gasteiger partial charge is 0.251 e. The van der Waals surface area contributed by atoms with Crippen molar-refractivity contribution in [3.05, 3.63) is 23.9 Å². The molecule has 4 unspecified atom stereocenters. The zero-order valence-electron chi connectivity index (χ0n) is 15.4. The van der Waals surface area contributed by atoms with Crippen molar-refractivity contribution in [2.45, 2.75) is 64.3 Å². The van der Waals surface area contributed by atoms with E-state index in [0.29, 0.717) is 5.92 Å². The van der Waals surface area contributed by atoms with Gasteiger partial charge in [-0.25, -0.2) is 4.98 Å². The molecular formula is C21H31N3O. The topological polar surface area (TPSA) is 45.2 Å². The average molecular weight is 341 g/mol. The lowest BCUT2D eigenvalue weighted by atomic mass is 9.84. The zero-order chi connectivity index (χ0) is 17.2. The van der Waals surface area contributed by atoms with Crippen LogP contribution in [0.1, 0.15) is 68.6 Å². The minimum absolute atomic E-state index is 0.0637. The van der Waals surface area contributed by atoms with Crippen LogP contribution in [0, 0.1) is 17.8 Å². The summed E-state index contributed by atoms with van der Waals surface area (Å²) in [4.78, 5) is 19.6. The molecule has 1 amide bonds. The Bertz CT molecular complexity index is 609. The van der Waals surface area contributed by atoms with Crippen LogP contribution in [0.15, 0.2) is 18.3 Å². The maximum atomic E-state index is 12.8. The largest absolute Gasteiger partial charge is 0.357 e. The molecule has 1 aromatic rings. The zero-order valence-corrected chi connectivity index (χ0v) is 15.4. The summed E-state index contributed by atoms with van der Waals surface area (Å²) < 4.78 is 0. The van der Waals surface area contributed by atoms with Crippen LogP contribution >= 0.6 is 0 Å². The maximum Gasteiger partial charge on any atom is 0.251 e. The van der Waals surface area contributed by atoms with Crippen molar-refractivity contribution >= 4 is 11.7 Å². The molecule has 3 aliphatic rings. The third-order valence-electron chi connectivity index (χ3n) is 6.73. The number of hydrogen-bond donors (Lipinski definition) is 1. The molecule has 25 heavy (non-hydrogen) atoms. The highest BCUT2D eigenvalue weighted by Crippen LogP contribution is 2.49. The van der Waals surface area contributed by atoms with E-state index in [0.717, 1.165) is 36.3 Å². The van der Waals surface area contributed by atoms with Gasteiger partial charge in [0, 0.05) is 30.9 Å². The third-order valence-corrected chi connectivity index (χ3v) is 6.73. The van der Waals surface area contributed by atoms with Gasteiger partial charge in [0.15, 0.2) is 0 Å². The number of nitrogens with one attached hydrogen (secondary N) is 1. The second-order valence-corrected chi connectivity index (χ2v) is 8.40. The molecule has 0 aromatic carbocycles. The van der Waals surface area contributed by atoms with E-state index in [1.54, 1.807) is 6.20 Å². The molecule has 0 spiro atoms. The lowest BCUT2D eigenvalue weighted by molar-refractivity contribution is 0.0915. The van der Waals surface area contributed by atoms with E-state index in [9.17, 15) is 4.79 Å². The van der Waals surface area contributed by atoms with Crippen molar-refractivity contribution in [1.82, 2.24) is 10.3 Å². The molecule has 1 aromatic heterocycles. The lowest BCUT2D eigenvalue weighted by Gasteiger charge is -2.28. The minimum Gasteiger partial charge on any atom is -0.357 e. The molecule has 3 fully saturated rings. The number of hydrogen-bond acceptors (Lipinski definition) is 3. The Morgan fingerprint density at radius 1 is 1.20 bits per heavy atom. The molecule has 2 saturated carbocycles. The summed E-state index contributed by atoms with van der Waals surface area (Å²) in [6.07, 6.45) is 12.3. The van der Waals surface area contributed by atoms with E-state index in [1.807, 2.05) is 12.1 Å². The van der Waals surface area contributed by atoms with Gasteiger partial charge in [-0.1, -0.05) is 19.3 Å². The van der Waals surface area contributed by atoms with Crippen molar-refractivity contribution in [2.75, 3.05) is 18.0 Å². The standard InChI is InChI=1S/C21H31N3O/c1-15(19-13-16-6-7-17(19)12-16)23-21(25)18-8-9-22-20(14-18)24-10-4-2-3-5-11-24/h8-9,14-17,19H,2-7,10-13H2,1H3,(H,23,25). The highest BCUT2D eigenvalue weighted by atomic mass is 16.1. The van der Waals surface area contributed by atoms with Crippen molar-refractivity contribution < 1.29 is 4.79 Å². The van der Waals surface area contributed by atoms with Crippen molar-refractivity contribution in [2.24, 2.45) is 17.8 Å². The highest BCUT2D eigenvalue weighted by molar-refractivity contribution is 5.95. The third kappa shape index (κ3) is 3.68. The first-order chi connectivity index (χ1) is 12.2. The quantitative estimate of drug-likeness (QED) is 0.900. The molecule has 0 radical (unpaired) electrons. The maximum absolute atomic E-state index is 12.8. The fraction of sp³-hybridized carbons (Fsp3) is 0.714. The Balaban J connectivity index is 1.40. The van der Waals surface area contributed by atoms with Crippen LogP contribution in [0.5, 0.6) is 0 Å². The van der Waals surface area contributed by atoms with Crippen LogP contribution in [-0.2, 0) is 0 Å². The SMILES string of the molecule is CC(NC(=O)c1ccnc(N2CCCCCC2)c1)C1CC2CCC1C2. The van der Waals surface area contributed by atoms with Crippen LogP contribution in [0.2, 0.25) is 0 Å². The van der Waals surface area contributed by atoms with Gasteiger partial charge in [-0.3, -0.25) is 4.79 Å². The van der Waals surface area contributed by atoms with Crippen molar-refractivity contribution in [3.63, 3.8) is 0 Å². The second kappa shape index (κ2) is 7.35. The van der Waals surface area contributed by atoms with Gasteiger partial charge in [0.1, 0.15) is 5.82 Å². The summed E-state index contributed by atoms with van der Waals surface area (Å²) in [5, 5.41) is 3.28. The van der Waals surface area contributed by atoms with Crippen LogP contribution in [0.25, 0.3) is 0 Å². The highest BCUT2D eigenvalue weighted by Gasteiger charge is 2.42. The normalized spacial score (nSPS) is 30.1.